The monoisotopic (exact) mass is 314 g/mol. The van der Waals surface area contributed by atoms with E-state index in [1.54, 1.807) is 31.2 Å². The van der Waals surface area contributed by atoms with Crippen molar-refractivity contribution in [2.75, 3.05) is 11.4 Å². The molecule has 0 aliphatic carbocycles. The van der Waals surface area contributed by atoms with Crippen molar-refractivity contribution in [2.45, 2.75) is 20.1 Å². The number of nitrogens with zero attached hydrogens (tertiary/aromatic N) is 4. The lowest BCUT2D eigenvalue weighted by Gasteiger charge is -2.26. The van der Waals surface area contributed by atoms with Gasteiger partial charge in [0.2, 0.25) is 0 Å². The molecule has 0 bridgehead atoms. The lowest BCUT2D eigenvalue weighted by molar-refractivity contribution is -0.384. The summed E-state index contributed by atoms with van der Waals surface area (Å²) in [4.78, 5) is 12.0. The number of benzene rings is 2. The Labute approximate surface area is 134 Å². The molecule has 1 unspecified atom stereocenters. The van der Waals surface area contributed by atoms with E-state index in [9.17, 15) is 15.2 Å². The van der Waals surface area contributed by atoms with Gasteiger partial charge in [-0.25, -0.2) is 0 Å². The molecular weight excluding hydrogens is 296 g/mol. The summed E-state index contributed by atoms with van der Waals surface area (Å²) >= 11 is 0. The van der Waals surface area contributed by atoms with Crippen LogP contribution in [0.3, 0.4) is 0 Å². The number of nitro benzene ring substituents is 1. The summed E-state index contributed by atoms with van der Waals surface area (Å²) in [5.74, 6) is 0. The van der Waals surface area contributed by atoms with Crippen molar-refractivity contribution in [3.8, 4) is 0 Å². The fourth-order valence-corrected chi connectivity index (χ4v) is 2.13. The Morgan fingerprint density at radius 2 is 1.57 bits per heavy atom. The molecule has 0 aliphatic rings. The van der Waals surface area contributed by atoms with Gasteiger partial charge in [0.15, 0.2) is 0 Å². The van der Waals surface area contributed by atoms with E-state index in [0.717, 1.165) is 5.69 Å². The van der Waals surface area contributed by atoms with Gasteiger partial charge < -0.3 is 10.0 Å². The van der Waals surface area contributed by atoms with E-state index in [-0.39, 0.29) is 5.69 Å². The highest BCUT2D eigenvalue weighted by atomic mass is 16.6. The van der Waals surface area contributed by atoms with Gasteiger partial charge in [-0.3, -0.25) is 10.1 Å². The van der Waals surface area contributed by atoms with E-state index in [1.165, 1.54) is 12.1 Å². The second-order valence-corrected chi connectivity index (χ2v) is 4.91. The maximum atomic E-state index is 10.6. The SMILES string of the molecule is CCN(c1ccc(/N=N/c2ccc([N+](=O)[O-])cc2)cc1)C(C)O. The molecule has 7 heteroatoms. The van der Waals surface area contributed by atoms with Crippen molar-refractivity contribution >= 4 is 22.7 Å². The normalized spacial score (nSPS) is 12.3. The highest BCUT2D eigenvalue weighted by Crippen LogP contribution is 2.24. The molecule has 0 saturated heterocycles. The predicted molar refractivity (Wildman–Crippen MR) is 88.4 cm³/mol. The number of non-ortho nitro benzene ring substituents is 1. The van der Waals surface area contributed by atoms with Crippen molar-refractivity contribution in [3.63, 3.8) is 0 Å². The van der Waals surface area contributed by atoms with E-state index >= 15 is 0 Å². The molecule has 0 spiro atoms. The minimum absolute atomic E-state index is 0.0195. The van der Waals surface area contributed by atoms with Crippen molar-refractivity contribution in [1.82, 2.24) is 0 Å². The Kier molecular flexibility index (Phi) is 5.37. The molecular formula is C16H18N4O3. The van der Waals surface area contributed by atoms with Crippen LogP contribution in [-0.2, 0) is 0 Å². The summed E-state index contributed by atoms with van der Waals surface area (Å²) in [6, 6.07) is 13.2. The maximum Gasteiger partial charge on any atom is 0.269 e. The summed E-state index contributed by atoms with van der Waals surface area (Å²) in [7, 11) is 0. The highest BCUT2D eigenvalue weighted by molar-refractivity contribution is 5.53. The number of rotatable bonds is 6. The highest BCUT2D eigenvalue weighted by Gasteiger charge is 2.09. The average Bonchev–Trinajstić information content (AvgIpc) is 2.55. The molecule has 7 nitrogen and oxygen atoms in total. The van der Waals surface area contributed by atoms with Crippen LogP contribution in [-0.4, -0.2) is 22.8 Å². The van der Waals surface area contributed by atoms with Crippen LogP contribution in [0.5, 0.6) is 0 Å². The third-order valence-corrected chi connectivity index (χ3v) is 3.31. The lowest BCUT2D eigenvalue weighted by atomic mass is 10.2. The summed E-state index contributed by atoms with van der Waals surface area (Å²) in [5.41, 5.74) is 2.12. The molecule has 0 radical (unpaired) electrons. The van der Waals surface area contributed by atoms with E-state index in [2.05, 4.69) is 10.2 Å². The van der Waals surface area contributed by atoms with Crippen LogP contribution in [0.15, 0.2) is 58.8 Å². The third kappa shape index (κ3) is 4.33. The molecule has 0 saturated carbocycles. The van der Waals surface area contributed by atoms with Gasteiger partial charge in [-0.1, -0.05) is 0 Å². The number of aliphatic hydroxyl groups is 1. The summed E-state index contributed by atoms with van der Waals surface area (Å²) in [5, 5.41) is 28.4. The van der Waals surface area contributed by atoms with Crippen LogP contribution in [0.2, 0.25) is 0 Å². The summed E-state index contributed by atoms with van der Waals surface area (Å²) < 4.78 is 0. The zero-order valence-corrected chi connectivity index (χ0v) is 13.0. The predicted octanol–water partition coefficient (Wildman–Crippen LogP) is 4.17. The molecule has 0 fully saturated rings. The minimum Gasteiger partial charge on any atom is -0.374 e. The van der Waals surface area contributed by atoms with Crippen LogP contribution < -0.4 is 4.90 Å². The molecule has 2 rings (SSSR count). The molecule has 0 aromatic heterocycles. The maximum absolute atomic E-state index is 10.6. The standard InChI is InChI=1S/C16H18N4O3/c1-3-19(12(2)21)15-8-4-13(5-9-15)17-18-14-6-10-16(11-7-14)20(22)23/h4-12,21H,3H2,1-2H3/b18-17+. The van der Waals surface area contributed by atoms with Gasteiger partial charge >= 0.3 is 0 Å². The van der Waals surface area contributed by atoms with E-state index in [0.29, 0.717) is 17.9 Å². The van der Waals surface area contributed by atoms with Gasteiger partial charge in [0.05, 0.1) is 16.3 Å². The number of hydrogen-bond donors (Lipinski definition) is 1. The Balaban J connectivity index is 2.09. The smallest absolute Gasteiger partial charge is 0.269 e. The fourth-order valence-electron chi connectivity index (χ4n) is 2.13. The van der Waals surface area contributed by atoms with Crippen LogP contribution in [0.4, 0.5) is 22.7 Å². The van der Waals surface area contributed by atoms with Gasteiger partial charge in [-0.05, 0) is 50.2 Å². The zero-order valence-electron chi connectivity index (χ0n) is 13.0. The molecule has 2 aromatic carbocycles. The van der Waals surface area contributed by atoms with E-state index in [1.807, 2.05) is 24.0 Å². The van der Waals surface area contributed by atoms with Gasteiger partial charge in [0, 0.05) is 24.4 Å². The molecule has 2 aromatic rings. The van der Waals surface area contributed by atoms with Crippen molar-refractivity contribution < 1.29 is 10.0 Å². The van der Waals surface area contributed by atoms with Crippen molar-refractivity contribution in [1.29, 1.82) is 0 Å². The molecule has 1 N–H and O–H groups in total. The van der Waals surface area contributed by atoms with Gasteiger partial charge in [0.1, 0.15) is 6.23 Å². The molecule has 0 heterocycles. The van der Waals surface area contributed by atoms with Gasteiger partial charge in [0.25, 0.3) is 5.69 Å². The largest absolute Gasteiger partial charge is 0.374 e. The average molecular weight is 314 g/mol. The van der Waals surface area contributed by atoms with Crippen LogP contribution in [0.1, 0.15) is 13.8 Å². The topological polar surface area (TPSA) is 91.3 Å². The Bertz CT molecular complexity index is 681. The van der Waals surface area contributed by atoms with Crippen molar-refractivity contribution in [2.24, 2.45) is 10.2 Å². The molecule has 1 atom stereocenters. The van der Waals surface area contributed by atoms with Crippen molar-refractivity contribution in [3.05, 3.63) is 58.6 Å². The Morgan fingerprint density at radius 1 is 1.09 bits per heavy atom. The van der Waals surface area contributed by atoms with Crippen LogP contribution in [0, 0.1) is 10.1 Å². The molecule has 0 aliphatic heterocycles. The van der Waals surface area contributed by atoms with E-state index in [4.69, 9.17) is 0 Å². The summed E-state index contributed by atoms with van der Waals surface area (Å²) in [6.45, 7) is 4.38. The summed E-state index contributed by atoms with van der Waals surface area (Å²) in [6.07, 6.45) is -0.562. The number of hydrogen-bond acceptors (Lipinski definition) is 6. The molecule has 23 heavy (non-hydrogen) atoms. The zero-order chi connectivity index (χ0) is 16.8. The van der Waals surface area contributed by atoms with Gasteiger partial charge in [-0.2, -0.15) is 10.2 Å². The second-order valence-electron chi connectivity index (χ2n) is 4.91. The number of azo groups is 1. The first-order valence-corrected chi connectivity index (χ1v) is 7.22. The number of nitro groups is 1. The Morgan fingerprint density at radius 3 is 1.96 bits per heavy atom. The lowest BCUT2D eigenvalue weighted by Crippen LogP contribution is -2.32. The van der Waals surface area contributed by atoms with Crippen LogP contribution >= 0.6 is 0 Å². The first kappa shape index (κ1) is 16.6. The Hall–Kier alpha value is -2.80. The quantitative estimate of drug-likeness (QED) is 0.375. The van der Waals surface area contributed by atoms with Gasteiger partial charge in [-0.15, -0.1) is 0 Å². The first-order chi connectivity index (χ1) is 11.0. The number of anilines is 1. The first-order valence-electron chi connectivity index (χ1n) is 7.22. The molecule has 0 amide bonds. The molecule has 120 valence electrons. The third-order valence-electron chi connectivity index (χ3n) is 3.31. The minimum atomic E-state index is -0.562. The van der Waals surface area contributed by atoms with Crippen LogP contribution in [0.25, 0.3) is 0 Å². The second kappa shape index (κ2) is 7.46. The number of aliphatic hydroxyl groups excluding tert-OH is 1. The van der Waals surface area contributed by atoms with E-state index < -0.39 is 11.2 Å². The fraction of sp³-hybridized carbons (Fsp3) is 0.250.